The Labute approximate surface area is 111 Å². The zero-order valence-corrected chi connectivity index (χ0v) is 10.9. The van der Waals surface area contributed by atoms with Gasteiger partial charge in [-0.05, 0) is 19.1 Å². The lowest BCUT2D eigenvalue weighted by Gasteiger charge is -2.14. The molecule has 0 bridgehead atoms. The van der Waals surface area contributed by atoms with Crippen LogP contribution >= 0.6 is 0 Å². The number of hydrogen-bond donors (Lipinski definition) is 3. The predicted octanol–water partition coefficient (Wildman–Crippen LogP) is 0.362. The molecule has 6 heteroatoms. The third-order valence-corrected chi connectivity index (χ3v) is 2.43. The fourth-order valence-corrected chi connectivity index (χ4v) is 1.30. The quantitative estimate of drug-likeness (QED) is 0.685. The first kappa shape index (κ1) is 14.7. The summed E-state index contributed by atoms with van der Waals surface area (Å²) in [6.45, 7) is 3.23. The molecule has 1 atom stereocenters. The first-order valence-corrected chi connectivity index (χ1v) is 5.99. The molecule has 0 fully saturated rings. The third kappa shape index (κ3) is 4.79. The summed E-state index contributed by atoms with van der Waals surface area (Å²) in [5.74, 6) is -1.12. The molecule has 1 aromatic carbocycles. The molecule has 19 heavy (non-hydrogen) atoms. The van der Waals surface area contributed by atoms with Crippen molar-refractivity contribution in [1.82, 2.24) is 16.2 Å². The van der Waals surface area contributed by atoms with E-state index in [0.29, 0.717) is 12.0 Å². The molecular weight excluding hydrogens is 246 g/mol. The van der Waals surface area contributed by atoms with Gasteiger partial charge in [0.15, 0.2) is 0 Å². The third-order valence-electron chi connectivity index (χ3n) is 2.43. The average Bonchev–Trinajstić information content (AvgIpc) is 2.44. The number of hydrogen-bond acceptors (Lipinski definition) is 3. The lowest BCUT2D eigenvalue weighted by Crippen LogP contribution is -2.51. The number of hydrazine groups is 1. The Morgan fingerprint density at radius 3 is 2.32 bits per heavy atom. The maximum absolute atomic E-state index is 11.6. The van der Waals surface area contributed by atoms with Crippen LogP contribution in [0.5, 0.6) is 0 Å². The van der Waals surface area contributed by atoms with Crippen molar-refractivity contribution < 1.29 is 14.4 Å². The molecule has 6 nitrogen and oxygen atoms in total. The van der Waals surface area contributed by atoms with E-state index in [1.807, 2.05) is 0 Å². The highest BCUT2D eigenvalue weighted by Gasteiger charge is 2.15. The maximum atomic E-state index is 11.6. The lowest BCUT2D eigenvalue weighted by molar-refractivity contribution is -0.128. The van der Waals surface area contributed by atoms with Crippen LogP contribution < -0.4 is 16.2 Å². The smallest absolute Gasteiger partial charge is 0.269 e. The number of benzene rings is 1. The van der Waals surface area contributed by atoms with Crippen LogP contribution in [0.2, 0.25) is 0 Å². The van der Waals surface area contributed by atoms with Crippen molar-refractivity contribution in [1.29, 1.82) is 0 Å². The largest absolute Gasteiger partial charge is 0.345 e. The summed E-state index contributed by atoms with van der Waals surface area (Å²) in [5, 5.41) is 2.49. The molecule has 0 heterocycles. The van der Waals surface area contributed by atoms with Crippen molar-refractivity contribution in [2.24, 2.45) is 0 Å². The standard InChI is InChI=1S/C13H17N3O3/c1-3-11(17)14-9(2)12(18)15-16-13(19)10-7-5-4-6-8-10/h4-9H,3H2,1-2H3,(H,14,17)(H,15,18)(H,16,19). The van der Waals surface area contributed by atoms with E-state index >= 15 is 0 Å². The zero-order chi connectivity index (χ0) is 14.3. The second kappa shape index (κ2) is 7.15. The van der Waals surface area contributed by atoms with Crippen LogP contribution in [-0.4, -0.2) is 23.8 Å². The van der Waals surface area contributed by atoms with Crippen LogP contribution in [0.15, 0.2) is 30.3 Å². The Morgan fingerprint density at radius 2 is 1.74 bits per heavy atom. The van der Waals surface area contributed by atoms with E-state index in [2.05, 4.69) is 16.2 Å². The maximum Gasteiger partial charge on any atom is 0.269 e. The van der Waals surface area contributed by atoms with Gasteiger partial charge in [-0.25, -0.2) is 0 Å². The number of amides is 3. The Balaban J connectivity index is 2.42. The van der Waals surface area contributed by atoms with Gasteiger partial charge in [0.25, 0.3) is 11.8 Å². The highest BCUT2D eigenvalue weighted by Crippen LogP contribution is 1.96. The average molecular weight is 263 g/mol. The SMILES string of the molecule is CCC(=O)NC(C)C(=O)NNC(=O)c1ccccc1. The van der Waals surface area contributed by atoms with Gasteiger partial charge < -0.3 is 5.32 Å². The Hall–Kier alpha value is -2.37. The molecule has 1 aromatic rings. The van der Waals surface area contributed by atoms with Crippen molar-refractivity contribution in [3.63, 3.8) is 0 Å². The van der Waals surface area contributed by atoms with Gasteiger partial charge in [-0.3, -0.25) is 25.2 Å². The lowest BCUT2D eigenvalue weighted by atomic mass is 10.2. The van der Waals surface area contributed by atoms with Gasteiger partial charge in [0, 0.05) is 12.0 Å². The highest BCUT2D eigenvalue weighted by atomic mass is 16.2. The second-order valence-electron chi connectivity index (χ2n) is 3.95. The van der Waals surface area contributed by atoms with Gasteiger partial charge >= 0.3 is 0 Å². The van der Waals surface area contributed by atoms with Crippen LogP contribution in [0, 0.1) is 0 Å². The first-order chi connectivity index (χ1) is 9.04. The topological polar surface area (TPSA) is 87.3 Å². The van der Waals surface area contributed by atoms with E-state index in [9.17, 15) is 14.4 Å². The van der Waals surface area contributed by atoms with Crippen LogP contribution in [0.4, 0.5) is 0 Å². The molecular formula is C13H17N3O3. The van der Waals surface area contributed by atoms with E-state index in [4.69, 9.17) is 0 Å². The number of carbonyl (C=O) groups is 3. The molecule has 0 aliphatic carbocycles. The van der Waals surface area contributed by atoms with Crippen LogP contribution in [0.3, 0.4) is 0 Å². The number of carbonyl (C=O) groups excluding carboxylic acids is 3. The van der Waals surface area contributed by atoms with Gasteiger partial charge in [-0.1, -0.05) is 25.1 Å². The minimum atomic E-state index is -0.705. The van der Waals surface area contributed by atoms with Crippen LogP contribution in [-0.2, 0) is 9.59 Å². The summed E-state index contributed by atoms with van der Waals surface area (Å²) in [5.41, 5.74) is 4.98. The summed E-state index contributed by atoms with van der Waals surface area (Å²) in [6.07, 6.45) is 0.300. The van der Waals surface area contributed by atoms with Crippen LogP contribution in [0.1, 0.15) is 30.6 Å². The highest BCUT2D eigenvalue weighted by molar-refractivity contribution is 5.96. The fourth-order valence-electron chi connectivity index (χ4n) is 1.30. The number of rotatable bonds is 4. The number of nitrogens with one attached hydrogen (secondary N) is 3. The molecule has 0 aliphatic heterocycles. The van der Waals surface area contributed by atoms with E-state index in [1.54, 1.807) is 37.3 Å². The summed E-state index contributed by atoms with van der Waals surface area (Å²) in [7, 11) is 0. The molecule has 0 spiro atoms. The van der Waals surface area contributed by atoms with Gasteiger partial charge in [0.1, 0.15) is 6.04 Å². The van der Waals surface area contributed by atoms with Crippen molar-refractivity contribution in [2.45, 2.75) is 26.3 Å². The summed E-state index contributed by atoms with van der Waals surface area (Å²) in [4.78, 5) is 34.3. The second-order valence-corrected chi connectivity index (χ2v) is 3.95. The Bertz CT molecular complexity index is 459. The van der Waals surface area contributed by atoms with Crippen molar-refractivity contribution in [3.05, 3.63) is 35.9 Å². The predicted molar refractivity (Wildman–Crippen MR) is 69.9 cm³/mol. The minimum Gasteiger partial charge on any atom is -0.345 e. The summed E-state index contributed by atoms with van der Waals surface area (Å²) >= 11 is 0. The van der Waals surface area contributed by atoms with Crippen molar-refractivity contribution in [2.75, 3.05) is 0 Å². The monoisotopic (exact) mass is 263 g/mol. The van der Waals surface area contributed by atoms with Gasteiger partial charge in [-0.2, -0.15) is 0 Å². The van der Waals surface area contributed by atoms with E-state index in [0.717, 1.165) is 0 Å². The Kier molecular flexibility index (Phi) is 5.53. The van der Waals surface area contributed by atoms with Gasteiger partial charge in [0.05, 0.1) is 0 Å². The minimum absolute atomic E-state index is 0.225. The molecule has 0 aromatic heterocycles. The molecule has 3 N–H and O–H groups in total. The normalized spacial score (nSPS) is 11.3. The Morgan fingerprint density at radius 1 is 1.11 bits per heavy atom. The molecule has 1 rings (SSSR count). The molecule has 0 radical (unpaired) electrons. The molecule has 3 amide bonds. The van der Waals surface area contributed by atoms with Crippen molar-refractivity contribution >= 4 is 17.7 Å². The summed E-state index contributed by atoms with van der Waals surface area (Å²) < 4.78 is 0. The van der Waals surface area contributed by atoms with E-state index < -0.39 is 17.9 Å². The van der Waals surface area contributed by atoms with E-state index in [1.165, 1.54) is 6.92 Å². The van der Waals surface area contributed by atoms with Crippen molar-refractivity contribution in [3.8, 4) is 0 Å². The molecule has 0 saturated heterocycles. The molecule has 102 valence electrons. The van der Waals surface area contributed by atoms with Gasteiger partial charge in [-0.15, -0.1) is 0 Å². The first-order valence-electron chi connectivity index (χ1n) is 5.99. The molecule has 0 saturated carbocycles. The van der Waals surface area contributed by atoms with E-state index in [-0.39, 0.29) is 5.91 Å². The fraction of sp³-hybridized carbons (Fsp3) is 0.308. The zero-order valence-electron chi connectivity index (χ0n) is 10.9. The molecule has 1 unspecified atom stereocenters. The van der Waals surface area contributed by atoms with Gasteiger partial charge in [0.2, 0.25) is 5.91 Å². The summed E-state index contributed by atoms with van der Waals surface area (Å²) in [6, 6.07) is 7.79. The van der Waals surface area contributed by atoms with Crippen LogP contribution in [0.25, 0.3) is 0 Å². The molecule has 0 aliphatic rings.